The fraction of sp³-hybridized carbons (Fsp3) is 0.444. The van der Waals surface area contributed by atoms with E-state index >= 15 is 0 Å². The topological polar surface area (TPSA) is 125 Å². The van der Waals surface area contributed by atoms with Crippen molar-refractivity contribution in [2.24, 2.45) is 16.9 Å². The van der Waals surface area contributed by atoms with Crippen LogP contribution in [0.25, 0.3) is 10.2 Å². The minimum atomic E-state index is -0.537. The normalized spacial score (nSPS) is 15.6. The molecule has 0 unspecified atom stereocenters. The van der Waals surface area contributed by atoms with Crippen LogP contribution in [0.1, 0.15) is 118 Å². The lowest BCUT2D eigenvalue weighted by molar-refractivity contribution is -0.140. The van der Waals surface area contributed by atoms with E-state index in [1.54, 1.807) is 42.5 Å². The van der Waals surface area contributed by atoms with E-state index in [-0.39, 0.29) is 17.6 Å². The molecular formula is C45H55N3O7S. The lowest BCUT2D eigenvalue weighted by atomic mass is 9.81. The van der Waals surface area contributed by atoms with Crippen molar-refractivity contribution in [3.05, 3.63) is 95.5 Å². The summed E-state index contributed by atoms with van der Waals surface area (Å²) in [6.45, 7) is 9.37. The van der Waals surface area contributed by atoms with E-state index in [0.29, 0.717) is 59.0 Å². The number of nitrogens with one attached hydrogen (secondary N) is 1. The molecule has 1 aromatic heterocycles. The zero-order chi connectivity index (χ0) is 39.5. The van der Waals surface area contributed by atoms with Gasteiger partial charge in [0.05, 0.1) is 40.5 Å². The molecule has 1 aliphatic rings. The Bertz CT molecular complexity index is 1880. The number of esters is 3. The Morgan fingerprint density at radius 2 is 1.59 bits per heavy atom. The molecule has 298 valence electrons. The van der Waals surface area contributed by atoms with Crippen LogP contribution in [-0.4, -0.2) is 48.4 Å². The summed E-state index contributed by atoms with van der Waals surface area (Å²) >= 11 is 1.50. The van der Waals surface area contributed by atoms with Gasteiger partial charge in [-0.1, -0.05) is 58.2 Å². The summed E-state index contributed by atoms with van der Waals surface area (Å²) in [6.07, 6.45) is 13.8. The van der Waals surface area contributed by atoms with Crippen LogP contribution in [0, 0.1) is 11.8 Å². The van der Waals surface area contributed by atoms with Crippen LogP contribution in [0.4, 0.5) is 0 Å². The molecule has 0 amide bonds. The molecule has 3 aromatic carbocycles. The summed E-state index contributed by atoms with van der Waals surface area (Å²) < 4.78 is 24.0. The standard InChI is InChI=1S/C45H55N3O7S/c1-4-7-8-13-28-46-48-42(43-47-38-16-11-12-17-40(38)56-43)37-31-36(26-27-39(37)55-45(51)33-20-18-32(5-2)19-21-33)54-44(50)34-22-24-35(25-23-34)52-29-14-9-10-15-30-53-41(49)6-3/h6,11-12,16-17,22-27,31-33,46H,3-5,7-10,13-15,18-21,28-30H2,1-2H3. The lowest BCUT2D eigenvalue weighted by Crippen LogP contribution is -2.26. The van der Waals surface area contributed by atoms with Crippen LogP contribution >= 0.6 is 11.3 Å². The number of rotatable bonds is 22. The maximum atomic E-state index is 13.6. The van der Waals surface area contributed by atoms with Gasteiger partial charge >= 0.3 is 17.9 Å². The van der Waals surface area contributed by atoms with Gasteiger partial charge in [-0.2, -0.15) is 5.10 Å². The SMILES string of the molecule is C=CC(=O)OCCCCCCOc1ccc(C(=O)Oc2ccc(OC(=O)C3CCC(CC)CC3)c(C(=NNCCCCCC)c3nc4ccccc4s3)c2)cc1. The molecule has 5 rings (SSSR count). The van der Waals surface area contributed by atoms with E-state index in [0.717, 1.165) is 99.8 Å². The molecule has 0 spiro atoms. The van der Waals surface area contributed by atoms with Crippen molar-refractivity contribution in [3.63, 3.8) is 0 Å². The van der Waals surface area contributed by atoms with Crippen molar-refractivity contribution in [2.75, 3.05) is 19.8 Å². The van der Waals surface area contributed by atoms with Crippen LogP contribution in [0.15, 0.2) is 84.5 Å². The Labute approximate surface area is 334 Å². The number of hydrogen-bond acceptors (Lipinski definition) is 11. The third kappa shape index (κ3) is 12.8. The Balaban J connectivity index is 1.31. The van der Waals surface area contributed by atoms with Crippen LogP contribution in [0.3, 0.4) is 0 Å². The number of hydrogen-bond donors (Lipinski definition) is 1. The molecule has 0 bridgehead atoms. The first-order chi connectivity index (χ1) is 27.4. The van der Waals surface area contributed by atoms with Crippen LogP contribution in [0.5, 0.6) is 17.2 Å². The average molecular weight is 782 g/mol. The second-order valence-electron chi connectivity index (χ2n) is 14.2. The minimum absolute atomic E-state index is 0.171. The molecule has 1 fully saturated rings. The molecule has 0 radical (unpaired) electrons. The Morgan fingerprint density at radius 1 is 0.857 bits per heavy atom. The fourth-order valence-corrected chi connectivity index (χ4v) is 7.61. The van der Waals surface area contributed by atoms with Gasteiger partial charge in [0.2, 0.25) is 0 Å². The first kappa shape index (κ1) is 42.1. The van der Waals surface area contributed by atoms with Gasteiger partial charge in [0.15, 0.2) is 0 Å². The quantitative estimate of drug-likeness (QED) is 0.0207. The van der Waals surface area contributed by atoms with Gasteiger partial charge in [0.25, 0.3) is 0 Å². The first-order valence-corrected chi connectivity index (χ1v) is 21.0. The number of ether oxygens (including phenoxy) is 4. The van der Waals surface area contributed by atoms with Gasteiger partial charge in [-0.25, -0.2) is 14.6 Å². The molecule has 0 saturated heterocycles. The maximum Gasteiger partial charge on any atom is 0.343 e. The largest absolute Gasteiger partial charge is 0.494 e. The van der Waals surface area contributed by atoms with Gasteiger partial charge < -0.3 is 24.4 Å². The van der Waals surface area contributed by atoms with Crippen molar-refractivity contribution in [2.45, 2.75) is 97.3 Å². The number of unbranched alkanes of at least 4 members (excludes halogenated alkanes) is 6. The Hall–Kier alpha value is -5.03. The summed E-state index contributed by atoms with van der Waals surface area (Å²) in [5.74, 6) is 0.562. The van der Waals surface area contributed by atoms with E-state index in [9.17, 15) is 14.4 Å². The average Bonchev–Trinajstić information content (AvgIpc) is 3.66. The third-order valence-corrected chi connectivity index (χ3v) is 11.1. The van der Waals surface area contributed by atoms with Crippen LogP contribution in [-0.2, 0) is 14.3 Å². The summed E-state index contributed by atoms with van der Waals surface area (Å²) in [4.78, 5) is 43.1. The van der Waals surface area contributed by atoms with Crippen molar-refractivity contribution in [1.29, 1.82) is 0 Å². The molecule has 1 heterocycles. The highest BCUT2D eigenvalue weighted by Gasteiger charge is 2.29. The van der Waals surface area contributed by atoms with E-state index < -0.39 is 11.9 Å². The number of fused-ring (bicyclic) bond motifs is 1. The highest BCUT2D eigenvalue weighted by atomic mass is 32.1. The maximum absolute atomic E-state index is 13.6. The Kier molecular flexibility index (Phi) is 16.9. The first-order valence-electron chi connectivity index (χ1n) is 20.1. The minimum Gasteiger partial charge on any atom is -0.494 e. The molecule has 1 N–H and O–H groups in total. The number of benzene rings is 3. The third-order valence-electron chi connectivity index (χ3n) is 10.0. The number of hydrazone groups is 1. The van der Waals surface area contributed by atoms with Gasteiger partial charge in [0, 0.05) is 12.6 Å². The molecule has 1 aliphatic carbocycles. The number of nitrogens with zero attached hydrogens (tertiary/aromatic N) is 2. The van der Waals surface area contributed by atoms with Crippen molar-refractivity contribution in [3.8, 4) is 17.2 Å². The van der Waals surface area contributed by atoms with Gasteiger partial charge in [-0.3, -0.25) is 4.79 Å². The molecule has 1 saturated carbocycles. The fourth-order valence-electron chi connectivity index (χ4n) is 6.64. The van der Waals surface area contributed by atoms with E-state index in [2.05, 4.69) is 25.9 Å². The molecule has 56 heavy (non-hydrogen) atoms. The zero-order valence-corrected chi connectivity index (χ0v) is 33.6. The van der Waals surface area contributed by atoms with Gasteiger partial charge in [-0.05, 0) is 118 Å². The van der Waals surface area contributed by atoms with E-state index in [1.165, 1.54) is 11.3 Å². The van der Waals surface area contributed by atoms with E-state index in [1.807, 2.05) is 24.3 Å². The van der Waals surface area contributed by atoms with Crippen LogP contribution < -0.4 is 19.6 Å². The second-order valence-corrected chi connectivity index (χ2v) is 15.2. The van der Waals surface area contributed by atoms with Crippen molar-refractivity contribution < 1.29 is 33.3 Å². The lowest BCUT2D eigenvalue weighted by Gasteiger charge is -2.26. The number of carbonyl (C=O) groups is 3. The zero-order valence-electron chi connectivity index (χ0n) is 32.8. The van der Waals surface area contributed by atoms with E-state index in [4.69, 9.17) is 29.0 Å². The predicted molar refractivity (Wildman–Crippen MR) is 222 cm³/mol. The molecular weight excluding hydrogens is 727 g/mol. The molecule has 0 aliphatic heterocycles. The number of para-hydroxylation sites is 1. The smallest absolute Gasteiger partial charge is 0.343 e. The van der Waals surface area contributed by atoms with Crippen molar-refractivity contribution >= 4 is 45.2 Å². The molecule has 0 atom stereocenters. The number of aromatic nitrogens is 1. The second kappa shape index (κ2) is 22.5. The number of carbonyl (C=O) groups excluding carboxylic acids is 3. The summed E-state index contributed by atoms with van der Waals surface area (Å²) in [5, 5.41) is 5.51. The highest BCUT2D eigenvalue weighted by molar-refractivity contribution is 7.20. The summed E-state index contributed by atoms with van der Waals surface area (Å²) in [6, 6.07) is 19.8. The number of thiazole rings is 1. The van der Waals surface area contributed by atoms with Crippen LogP contribution in [0.2, 0.25) is 0 Å². The molecule has 4 aromatic rings. The van der Waals surface area contributed by atoms with Gasteiger partial charge in [-0.15, -0.1) is 11.3 Å². The predicted octanol–water partition coefficient (Wildman–Crippen LogP) is 10.2. The van der Waals surface area contributed by atoms with Gasteiger partial charge in [0.1, 0.15) is 28.0 Å². The molecule has 10 nitrogen and oxygen atoms in total. The highest BCUT2D eigenvalue weighted by Crippen LogP contribution is 2.35. The van der Waals surface area contributed by atoms with Crippen molar-refractivity contribution in [1.82, 2.24) is 10.4 Å². The summed E-state index contributed by atoms with van der Waals surface area (Å²) in [7, 11) is 0. The molecule has 11 heteroatoms. The Morgan fingerprint density at radius 3 is 2.32 bits per heavy atom. The monoisotopic (exact) mass is 781 g/mol. The summed E-state index contributed by atoms with van der Waals surface area (Å²) in [5.41, 5.74) is 5.46.